The van der Waals surface area contributed by atoms with Crippen LogP contribution in [-0.2, 0) is 0 Å². The van der Waals surface area contributed by atoms with Crippen LogP contribution in [0.2, 0.25) is 0 Å². The summed E-state index contributed by atoms with van der Waals surface area (Å²) in [5.74, 6) is 0. The molecule has 0 atom stereocenters. The Kier molecular flexibility index (Phi) is 2.83. The first kappa shape index (κ1) is 11.2. The summed E-state index contributed by atoms with van der Waals surface area (Å²) in [5.41, 5.74) is 4.83. The fourth-order valence-electron chi connectivity index (χ4n) is 2.13. The largest absolute Gasteiger partial charge is 0.278 e. The van der Waals surface area contributed by atoms with E-state index >= 15 is 0 Å². The second kappa shape index (κ2) is 4.79. The van der Waals surface area contributed by atoms with Crippen molar-refractivity contribution in [1.82, 2.24) is 10.2 Å². The maximum Gasteiger partial charge on any atom is 0.0991 e. The Morgan fingerprint density at radius 2 is 1.79 bits per heavy atom. The zero-order chi connectivity index (χ0) is 13.1. The minimum Gasteiger partial charge on any atom is -0.278 e. The minimum absolute atomic E-state index is 0.664. The molecule has 1 N–H and O–H groups in total. The van der Waals surface area contributed by atoms with Gasteiger partial charge in [-0.2, -0.15) is 10.4 Å². The van der Waals surface area contributed by atoms with E-state index in [0.717, 1.165) is 22.4 Å². The topological polar surface area (TPSA) is 52.5 Å². The third-order valence-electron chi connectivity index (χ3n) is 3.02. The number of aromatic amines is 1. The summed E-state index contributed by atoms with van der Waals surface area (Å²) < 4.78 is 0. The molecular weight excluding hydrogens is 234 g/mol. The summed E-state index contributed by atoms with van der Waals surface area (Å²) >= 11 is 0. The lowest BCUT2D eigenvalue weighted by atomic mass is 9.97. The van der Waals surface area contributed by atoms with Crippen LogP contribution in [0.15, 0.2) is 60.8 Å². The van der Waals surface area contributed by atoms with Crippen molar-refractivity contribution in [1.29, 1.82) is 5.26 Å². The smallest absolute Gasteiger partial charge is 0.0991 e. The first-order chi connectivity index (χ1) is 9.38. The molecule has 2 aromatic carbocycles. The molecule has 0 aliphatic heterocycles. The van der Waals surface area contributed by atoms with Crippen LogP contribution in [0.3, 0.4) is 0 Å². The van der Waals surface area contributed by atoms with E-state index in [1.165, 1.54) is 0 Å². The number of hydrogen-bond acceptors (Lipinski definition) is 2. The molecule has 1 aromatic heterocycles. The number of rotatable bonds is 2. The molecule has 3 heteroatoms. The van der Waals surface area contributed by atoms with Crippen LogP contribution >= 0.6 is 0 Å². The van der Waals surface area contributed by atoms with Crippen molar-refractivity contribution in [2.45, 2.75) is 0 Å². The van der Waals surface area contributed by atoms with Crippen molar-refractivity contribution in [2.24, 2.45) is 0 Å². The molecule has 0 spiro atoms. The van der Waals surface area contributed by atoms with E-state index < -0.39 is 0 Å². The Morgan fingerprint density at radius 3 is 2.53 bits per heavy atom. The fourth-order valence-corrected chi connectivity index (χ4v) is 2.13. The van der Waals surface area contributed by atoms with E-state index in [4.69, 9.17) is 5.26 Å². The molecule has 0 saturated carbocycles. The highest BCUT2D eigenvalue weighted by molar-refractivity contribution is 5.82. The lowest BCUT2D eigenvalue weighted by Crippen LogP contribution is -1.86. The Hall–Kier alpha value is -2.86. The summed E-state index contributed by atoms with van der Waals surface area (Å²) in [6.45, 7) is 0. The second-order valence-electron chi connectivity index (χ2n) is 4.21. The van der Waals surface area contributed by atoms with Gasteiger partial charge >= 0.3 is 0 Å². The van der Waals surface area contributed by atoms with Crippen LogP contribution in [0.5, 0.6) is 0 Å². The Bertz CT molecular complexity index is 737. The van der Waals surface area contributed by atoms with Gasteiger partial charge in [0.2, 0.25) is 0 Å². The van der Waals surface area contributed by atoms with Crippen LogP contribution in [-0.4, -0.2) is 10.2 Å². The van der Waals surface area contributed by atoms with Crippen molar-refractivity contribution < 1.29 is 0 Å². The number of H-pyrrole nitrogens is 1. The second-order valence-corrected chi connectivity index (χ2v) is 4.21. The van der Waals surface area contributed by atoms with E-state index in [0.29, 0.717) is 5.56 Å². The lowest BCUT2D eigenvalue weighted by Gasteiger charge is -2.08. The van der Waals surface area contributed by atoms with Crippen LogP contribution < -0.4 is 0 Å². The molecule has 0 saturated heterocycles. The standard InChI is InChI=1S/C16H11N3/c17-11-12-4-3-5-13(10-12)14-6-1-2-7-15(14)16-8-9-18-19-16/h1-10H,(H,18,19). The molecular formula is C16H11N3. The molecule has 90 valence electrons. The first-order valence-electron chi connectivity index (χ1n) is 5.98. The summed E-state index contributed by atoms with van der Waals surface area (Å²) in [7, 11) is 0. The van der Waals surface area contributed by atoms with Gasteiger partial charge in [0, 0.05) is 11.8 Å². The zero-order valence-electron chi connectivity index (χ0n) is 10.2. The molecule has 1 heterocycles. The Labute approximate surface area is 111 Å². The molecule has 0 radical (unpaired) electrons. The quantitative estimate of drug-likeness (QED) is 0.749. The molecule has 0 unspecified atom stereocenters. The Morgan fingerprint density at radius 1 is 0.947 bits per heavy atom. The van der Waals surface area contributed by atoms with Gasteiger partial charge in [-0.1, -0.05) is 36.4 Å². The van der Waals surface area contributed by atoms with Crippen molar-refractivity contribution in [3.05, 3.63) is 66.4 Å². The molecule has 0 amide bonds. The van der Waals surface area contributed by atoms with E-state index in [1.54, 1.807) is 6.20 Å². The number of hydrogen-bond donors (Lipinski definition) is 1. The van der Waals surface area contributed by atoms with Gasteiger partial charge in [0.25, 0.3) is 0 Å². The molecule has 0 bridgehead atoms. The third-order valence-corrected chi connectivity index (χ3v) is 3.02. The number of nitrogens with zero attached hydrogens (tertiary/aromatic N) is 2. The SMILES string of the molecule is N#Cc1cccc(-c2ccccc2-c2ccn[nH]2)c1. The molecule has 3 aromatic rings. The number of nitrogens with one attached hydrogen (secondary N) is 1. The van der Waals surface area contributed by atoms with E-state index in [2.05, 4.69) is 16.3 Å². The van der Waals surface area contributed by atoms with Gasteiger partial charge in [-0.25, -0.2) is 0 Å². The van der Waals surface area contributed by atoms with Gasteiger partial charge in [-0.15, -0.1) is 0 Å². The molecule has 0 aliphatic carbocycles. The van der Waals surface area contributed by atoms with Gasteiger partial charge in [-0.3, -0.25) is 5.10 Å². The zero-order valence-corrected chi connectivity index (χ0v) is 10.2. The average Bonchev–Trinajstić information content (AvgIpc) is 3.01. The van der Waals surface area contributed by atoms with Crippen molar-refractivity contribution in [2.75, 3.05) is 0 Å². The van der Waals surface area contributed by atoms with Crippen LogP contribution in [0.1, 0.15) is 5.56 Å². The van der Waals surface area contributed by atoms with Gasteiger partial charge in [0.05, 0.1) is 17.3 Å². The van der Waals surface area contributed by atoms with Crippen molar-refractivity contribution in [3.8, 4) is 28.5 Å². The predicted molar refractivity (Wildman–Crippen MR) is 74.2 cm³/mol. The maximum atomic E-state index is 9.00. The maximum absolute atomic E-state index is 9.00. The summed E-state index contributed by atoms with van der Waals surface area (Å²) in [4.78, 5) is 0. The molecule has 0 fully saturated rings. The predicted octanol–water partition coefficient (Wildman–Crippen LogP) is 3.62. The molecule has 3 nitrogen and oxygen atoms in total. The molecule has 19 heavy (non-hydrogen) atoms. The lowest BCUT2D eigenvalue weighted by molar-refractivity contribution is 1.10. The van der Waals surface area contributed by atoms with Gasteiger partial charge < -0.3 is 0 Å². The van der Waals surface area contributed by atoms with E-state index in [-0.39, 0.29) is 0 Å². The monoisotopic (exact) mass is 245 g/mol. The fraction of sp³-hybridized carbons (Fsp3) is 0. The first-order valence-corrected chi connectivity index (χ1v) is 5.98. The van der Waals surface area contributed by atoms with Gasteiger partial charge in [0.1, 0.15) is 0 Å². The average molecular weight is 245 g/mol. The van der Waals surface area contributed by atoms with Gasteiger partial charge in [-0.05, 0) is 29.3 Å². The Balaban J connectivity index is 2.18. The molecule has 3 rings (SSSR count). The number of nitriles is 1. The normalized spacial score (nSPS) is 10.1. The van der Waals surface area contributed by atoms with E-state index in [1.807, 2.05) is 54.6 Å². The van der Waals surface area contributed by atoms with Gasteiger partial charge in [0.15, 0.2) is 0 Å². The van der Waals surface area contributed by atoms with Crippen LogP contribution in [0.4, 0.5) is 0 Å². The number of benzene rings is 2. The van der Waals surface area contributed by atoms with Crippen molar-refractivity contribution in [3.63, 3.8) is 0 Å². The van der Waals surface area contributed by atoms with Crippen LogP contribution in [0, 0.1) is 11.3 Å². The van der Waals surface area contributed by atoms with Crippen molar-refractivity contribution >= 4 is 0 Å². The number of aromatic nitrogens is 2. The highest BCUT2D eigenvalue weighted by Crippen LogP contribution is 2.30. The summed E-state index contributed by atoms with van der Waals surface area (Å²) in [6.07, 6.45) is 1.73. The highest BCUT2D eigenvalue weighted by Gasteiger charge is 2.08. The summed E-state index contributed by atoms with van der Waals surface area (Å²) in [5, 5.41) is 16.0. The minimum atomic E-state index is 0.664. The molecule has 0 aliphatic rings. The third kappa shape index (κ3) is 2.12. The van der Waals surface area contributed by atoms with Crippen LogP contribution in [0.25, 0.3) is 22.4 Å². The summed E-state index contributed by atoms with van der Waals surface area (Å²) in [6, 6.07) is 19.8. The highest BCUT2D eigenvalue weighted by atomic mass is 15.1. The van der Waals surface area contributed by atoms with E-state index in [9.17, 15) is 0 Å².